The van der Waals surface area contributed by atoms with E-state index in [1.165, 1.54) is 32.4 Å². The van der Waals surface area contributed by atoms with Crippen LogP contribution in [0.3, 0.4) is 0 Å². The van der Waals surface area contributed by atoms with Crippen LogP contribution < -0.4 is 9.47 Å². The maximum absolute atomic E-state index is 13.0. The molecule has 0 atom stereocenters. The third-order valence-electron chi connectivity index (χ3n) is 1.88. The lowest BCUT2D eigenvalue weighted by Gasteiger charge is -2.15. The van der Waals surface area contributed by atoms with Crippen LogP contribution in [0.15, 0.2) is 18.2 Å². The number of ether oxygens (including phenoxy) is 2. The van der Waals surface area contributed by atoms with E-state index in [-0.39, 0.29) is 11.3 Å². The Bertz CT molecular complexity index is 318. The normalized spacial score (nSPS) is 11.2. The minimum atomic E-state index is -2.91. The molecule has 0 heterocycles. The molecule has 2 nitrogen and oxygen atoms in total. The zero-order valence-corrected chi connectivity index (χ0v) is 8.30. The molecule has 0 radical (unpaired) electrons. The van der Waals surface area contributed by atoms with E-state index in [9.17, 15) is 8.78 Å². The van der Waals surface area contributed by atoms with E-state index in [1.54, 1.807) is 0 Å². The molecule has 0 aromatic heterocycles. The highest BCUT2D eigenvalue weighted by atomic mass is 19.3. The number of hydrogen-bond acceptors (Lipinski definition) is 2. The van der Waals surface area contributed by atoms with Crippen LogP contribution in [-0.2, 0) is 5.92 Å². The van der Waals surface area contributed by atoms with Crippen molar-refractivity contribution in [3.05, 3.63) is 23.8 Å². The predicted octanol–water partition coefficient (Wildman–Crippen LogP) is 2.82. The standard InChI is InChI=1S/C10H12F2O2/c1-10(11,12)8-5-4-7(13-2)6-9(8)14-3/h4-6H,1-3H3. The molecule has 0 fully saturated rings. The SMILES string of the molecule is COc1ccc(C(C)(F)F)c(OC)c1. The third-order valence-corrected chi connectivity index (χ3v) is 1.88. The molecule has 14 heavy (non-hydrogen) atoms. The van der Waals surface area contributed by atoms with E-state index in [0.29, 0.717) is 5.75 Å². The number of rotatable bonds is 3. The summed E-state index contributed by atoms with van der Waals surface area (Å²) in [5.74, 6) is -2.27. The van der Waals surface area contributed by atoms with Gasteiger partial charge in [0.05, 0.1) is 19.8 Å². The molecule has 0 saturated carbocycles. The fraction of sp³-hybridized carbons (Fsp3) is 0.400. The lowest BCUT2D eigenvalue weighted by atomic mass is 10.1. The Morgan fingerprint density at radius 1 is 1.14 bits per heavy atom. The van der Waals surface area contributed by atoms with Crippen molar-refractivity contribution in [2.75, 3.05) is 14.2 Å². The number of hydrogen-bond donors (Lipinski definition) is 0. The highest BCUT2D eigenvalue weighted by Gasteiger charge is 2.28. The van der Waals surface area contributed by atoms with Crippen molar-refractivity contribution >= 4 is 0 Å². The van der Waals surface area contributed by atoms with Gasteiger partial charge in [-0.3, -0.25) is 0 Å². The number of alkyl halides is 2. The lowest BCUT2D eigenvalue weighted by Crippen LogP contribution is -2.09. The smallest absolute Gasteiger partial charge is 0.274 e. The quantitative estimate of drug-likeness (QED) is 0.750. The van der Waals surface area contributed by atoms with Gasteiger partial charge in [-0.1, -0.05) is 0 Å². The van der Waals surface area contributed by atoms with Gasteiger partial charge in [-0.15, -0.1) is 0 Å². The highest BCUT2D eigenvalue weighted by molar-refractivity contribution is 5.42. The fourth-order valence-electron chi connectivity index (χ4n) is 1.16. The molecule has 4 heteroatoms. The van der Waals surface area contributed by atoms with Crippen molar-refractivity contribution in [1.29, 1.82) is 0 Å². The molecular weight excluding hydrogens is 190 g/mol. The first kappa shape index (κ1) is 10.8. The Kier molecular flexibility index (Phi) is 2.93. The predicted molar refractivity (Wildman–Crippen MR) is 49.1 cm³/mol. The van der Waals surface area contributed by atoms with Crippen LogP contribution >= 0.6 is 0 Å². The molecule has 1 rings (SSSR count). The van der Waals surface area contributed by atoms with Crippen LogP contribution in [0.4, 0.5) is 8.78 Å². The number of benzene rings is 1. The highest BCUT2D eigenvalue weighted by Crippen LogP contribution is 2.36. The van der Waals surface area contributed by atoms with Crippen LogP contribution in [0.2, 0.25) is 0 Å². The Hall–Kier alpha value is -1.32. The van der Waals surface area contributed by atoms with E-state index >= 15 is 0 Å². The van der Waals surface area contributed by atoms with Crippen LogP contribution in [0.1, 0.15) is 12.5 Å². The maximum Gasteiger partial charge on any atom is 0.274 e. The van der Waals surface area contributed by atoms with Gasteiger partial charge in [0, 0.05) is 13.0 Å². The van der Waals surface area contributed by atoms with Gasteiger partial charge in [0.25, 0.3) is 5.92 Å². The van der Waals surface area contributed by atoms with E-state index in [0.717, 1.165) is 6.92 Å². The van der Waals surface area contributed by atoms with E-state index in [2.05, 4.69) is 0 Å². The first-order chi connectivity index (χ1) is 6.49. The second-order valence-corrected chi connectivity index (χ2v) is 2.95. The summed E-state index contributed by atoms with van der Waals surface area (Å²) < 4.78 is 35.8. The molecule has 0 bridgehead atoms. The van der Waals surface area contributed by atoms with Crippen molar-refractivity contribution < 1.29 is 18.3 Å². The topological polar surface area (TPSA) is 18.5 Å². The summed E-state index contributed by atoms with van der Waals surface area (Å²) >= 11 is 0. The summed E-state index contributed by atoms with van der Waals surface area (Å²) in [4.78, 5) is 0. The van der Waals surface area contributed by atoms with Gasteiger partial charge in [-0.25, -0.2) is 8.78 Å². The lowest BCUT2D eigenvalue weighted by molar-refractivity contribution is 0.0150. The molecule has 0 saturated heterocycles. The van der Waals surface area contributed by atoms with Crippen LogP contribution in [0.25, 0.3) is 0 Å². The molecule has 0 unspecified atom stereocenters. The largest absolute Gasteiger partial charge is 0.497 e. The molecule has 0 amide bonds. The fourth-order valence-corrected chi connectivity index (χ4v) is 1.16. The van der Waals surface area contributed by atoms with Gasteiger partial charge in [0.2, 0.25) is 0 Å². The Morgan fingerprint density at radius 3 is 2.21 bits per heavy atom. The van der Waals surface area contributed by atoms with Gasteiger partial charge in [-0.05, 0) is 12.1 Å². The molecular formula is C10H12F2O2. The minimum absolute atomic E-state index is 0.136. The average molecular weight is 202 g/mol. The third kappa shape index (κ3) is 2.13. The van der Waals surface area contributed by atoms with Gasteiger partial charge in [-0.2, -0.15) is 0 Å². The van der Waals surface area contributed by atoms with E-state index in [4.69, 9.17) is 9.47 Å². The number of methoxy groups -OCH3 is 2. The molecule has 0 N–H and O–H groups in total. The summed E-state index contributed by atoms with van der Waals surface area (Å²) in [6.07, 6.45) is 0. The Balaban J connectivity index is 3.18. The molecule has 0 aliphatic rings. The summed E-state index contributed by atoms with van der Waals surface area (Å²) in [5, 5.41) is 0. The van der Waals surface area contributed by atoms with Crippen molar-refractivity contribution in [1.82, 2.24) is 0 Å². The Morgan fingerprint density at radius 2 is 1.79 bits per heavy atom. The summed E-state index contributed by atoms with van der Waals surface area (Å²) in [6, 6.07) is 4.22. The minimum Gasteiger partial charge on any atom is -0.497 e. The van der Waals surface area contributed by atoms with Crippen LogP contribution in [-0.4, -0.2) is 14.2 Å². The van der Waals surface area contributed by atoms with Gasteiger partial charge in [0.15, 0.2) is 0 Å². The molecule has 0 spiro atoms. The second-order valence-electron chi connectivity index (χ2n) is 2.95. The first-order valence-electron chi connectivity index (χ1n) is 4.09. The average Bonchev–Trinajstić information content (AvgIpc) is 2.15. The van der Waals surface area contributed by atoms with Gasteiger partial charge in [0.1, 0.15) is 11.5 Å². The van der Waals surface area contributed by atoms with Crippen molar-refractivity contribution in [2.24, 2.45) is 0 Å². The zero-order valence-electron chi connectivity index (χ0n) is 8.30. The van der Waals surface area contributed by atoms with Crippen LogP contribution in [0, 0.1) is 0 Å². The monoisotopic (exact) mass is 202 g/mol. The number of halogens is 2. The van der Waals surface area contributed by atoms with E-state index < -0.39 is 5.92 Å². The van der Waals surface area contributed by atoms with Crippen molar-refractivity contribution in [3.63, 3.8) is 0 Å². The van der Waals surface area contributed by atoms with Crippen molar-refractivity contribution in [3.8, 4) is 11.5 Å². The second kappa shape index (κ2) is 3.82. The van der Waals surface area contributed by atoms with Crippen molar-refractivity contribution in [2.45, 2.75) is 12.8 Å². The van der Waals surface area contributed by atoms with E-state index in [1.807, 2.05) is 0 Å². The first-order valence-corrected chi connectivity index (χ1v) is 4.09. The summed E-state index contributed by atoms with van der Waals surface area (Å²) in [7, 11) is 2.82. The molecule has 0 aliphatic heterocycles. The summed E-state index contributed by atoms with van der Waals surface area (Å²) in [5.41, 5.74) is -0.138. The molecule has 78 valence electrons. The Labute approximate surface area is 81.4 Å². The zero-order chi connectivity index (χ0) is 10.8. The van der Waals surface area contributed by atoms with Crippen LogP contribution in [0.5, 0.6) is 11.5 Å². The molecule has 0 aliphatic carbocycles. The van der Waals surface area contributed by atoms with Gasteiger partial charge < -0.3 is 9.47 Å². The molecule has 1 aromatic carbocycles. The maximum atomic E-state index is 13.0. The molecule has 1 aromatic rings. The van der Waals surface area contributed by atoms with Gasteiger partial charge >= 0.3 is 0 Å². The summed E-state index contributed by atoms with van der Waals surface area (Å²) in [6.45, 7) is 0.831.